The maximum atomic E-state index is 12.3. The van der Waals surface area contributed by atoms with Crippen LogP contribution >= 0.6 is 0 Å². The van der Waals surface area contributed by atoms with Crippen LogP contribution in [-0.2, 0) is 4.79 Å². The Labute approximate surface area is 127 Å². The van der Waals surface area contributed by atoms with E-state index in [2.05, 4.69) is 6.58 Å². The zero-order valence-corrected chi connectivity index (χ0v) is 13.3. The van der Waals surface area contributed by atoms with Crippen LogP contribution in [-0.4, -0.2) is 76.6 Å². The fourth-order valence-corrected chi connectivity index (χ4v) is 2.56. The molecule has 120 valence electrons. The maximum absolute atomic E-state index is 12.3. The Morgan fingerprint density at radius 2 is 1.57 bits per heavy atom. The molecule has 1 unspecified atom stereocenters. The van der Waals surface area contributed by atoms with Gasteiger partial charge in [0.15, 0.2) is 0 Å². The van der Waals surface area contributed by atoms with E-state index in [1.54, 1.807) is 21.6 Å². The number of amides is 3. The van der Waals surface area contributed by atoms with Crippen LogP contribution < -0.4 is 0 Å². The summed E-state index contributed by atoms with van der Waals surface area (Å²) in [5.41, 5.74) is -0.768. The van der Waals surface area contributed by atoms with Crippen molar-refractivity contribution < 1.29 is 14.7 Å². The molecule has 0 aromatic rings. The summed E-state index contributed by atoms with van der Waals surface area (Å²) in [6.07, 6.45) is 1.92. The van der Waals surface area contributed by atoms with Crippen LogP contribution in [0.25, 0.3) is 0 Å². The molecule has 2 rings (SSSR count). The lowest BCUT2D eigenvalue weighted by atomic mass is 10.1. The number of rotatable bonds is 1. The van der Waals surface area contributed by atoms with Gasteiger partial charge in [-0.25, -0.2) is 4.79 Å². The quantitative estimate of drug-likeness (QED) is 0.732. The fraction of sp³-hybridized carbons (Fsp3) is 0.733. The third kappa shape index (κ3) is 4.46. The van der Waals surface area contributed by atoms with Crippen LogP contribution in [0, 0.1) is 0 Å². The molecule has 6 nitrogen and oxygen atoms in total. The van der Waals surface area contributed by atoms with Gasteiger partial charge < -0.3 is 19.8 Å². The molecule has 0 aromatic heterocycles. The van der Waals surface area contributed by atoms with E-state index in [1.807, 2.05) is 13.8 Å². The Balaban J connectivity index is 0.00000106. The van der Waals surface area contributed by atoms with Gasteiger partial charge in [-0.2, -0.15) is 0 Å². The highest BCUT2D eigenvalue weighted by Crippen LogP contribution is 2.21. The second-order valence-corrected chi connectivity index (χ2v) is 5.47. The van der Waals surface area contributed by atoms with Gasteiger partial charge in [0.1, 0.15) is 0 Å². The minimum Gasteiger partial charge on any atom is -0.388 e. The van der Waals surface area contributed by atoms with E-state index < -0.39 is 5.60 Å². The highest BCUT2D eigenvalue weighted by molar-refractivity contribution is 5.87. The maximum Gasteiger partial charge on any atom is 0.320 e. The van der Waals surface area contributed by atoms with Crippen LogP contribution in [0.15, 0.2) is 12.7 Å². The van der Waals surface area contributed by atoms with Crippen molar-refractivity contribution in [2.45, 2.75) is 32.8 Å². The van der Waals surface area contributed by atoms with Crippen LogP contribution in [0.3, 0.4) is 0 Å². The molecule has 2 heterocycles. The number of piperazine rings is 1. The highest BCUT2D eigenvalue weighted by Gasteiger charge is 2.36. The number of urea groups is 1. The van der Waals surface area contributed by atoms with Crippen LogP contribution in [0.4, 0.5) is 4.79 Å². The molecule has 0 aliphatic carbocycles. The van der Waals surface area contributed by atoms with Crippen molar-refractivity contribution in [2.24, 2.45) is 0 Å². The van der Waals surface area contributed by atoms with Crippen molar-refractivity contribution in [3.63, 3.8) is 0 Å². The van der Waals surface area contributed by atoms with E-state index in [0.29, 0.717) is 45.7 Å². The van der Waals surface area contributed by atoms with E-state index in [0.717, 1.165) is 0 Å². The van der Waals surface area contributed by atoms with Gasteiger partial charge in [-0.05, 0) is 19.4 Å². The number of hydrogen-bond donors (Lipinski definition) is 1. The average Bonchev–Trinajstić information content (AvgIpc) is 2.88. The van der Waals surface area contributed by atoms with Gasteiger partial charge in [-0.3, -0.25) is 4.79 Å². The third-order valence-corrected chi connectivity index (χ3v) is 3.76. The number of likely N-dealkylation sites (tertiary alicyclic amines) is 1. The van der Waals surface area contributed by atoms with E-state index in [4.69, 9.17) is 0 Å². The molecule has 6 heteroatoms. The second kappa shape index (κ2) is 7.45. The zero-order valence-electron chi connectivity index (χ0n) is 13.3. The number of aliphatic hydroxyl groups is 1. The van der Waals surface area contributed by atoms with E-state index in [1.165, 1.54) is 6.08 Å². The van der Waals surface area contributed by atoms with Gasteiger partial charge >= 0.3 is 6.03 Å². The van der Waals surface area contributed by atoms with Crippen molar-refractivity contribution in [1.82, 2.24) is 14.7 Å². The molecule has 0 radical (unpaired) electrons. The Hall–Kier alpha value is -1.56. The number of nitrogens with zero attached hydrogens (tertiary/aromatic N) is 3. The third-order valence-electron chi connectivity index (χ3n) is 3.76. The van der Waals surface area contributed by atoms with Gasteiger partial charge in [0.05, 0.1) is 12.1 Å². The summed E-state index contributed by atoms with van der Waals surface area (Å²) in [5.74, 6) is -0.0868. The summed E-state index contributed by atoms with van der Waals surface area (Å²) in [6.45, 7) is 12.4. The summed E-state index contributed by atoms with van der Waals surface area (Å²) in [4.78, 5) is 28.8. The Morgan fingerprint density at radius 1 is 1.05 bits per heavy atom. The number of carbonyl (C=O) groups is 2. The summed E-state index contributed by atoms with van der Waals surface area (Å²) in [6, 6.07) is -0.0384. The highest BCUT2D eigenvalue weighted by atomic mass is 16.3. The first-order valence-electron chi connectivity index (χ1n) is 7.60. The molecule has 1 N–H and O–H groups in total. The van der Waals surface area contributed by atoms with Gasteiger partial charge in [0.25, 0.3) is 0 Å². The van der Waals surface area contributed by atoms with Crippen molar-refractivity contribution in [3.05, 3.63) is 12.7 Å². The topological polar surface area (TPSA) is 64.1 Å². The minimum atomic E-state index is -0.768. The second-order valence-electron chi connectivity index (χ2n) is 5.47. The van der Waals surface area contributed by atoms with Crippen molar-refractivity contribution in [3.8, 4) is 0 Å². The Bertz CT molecular complexity index is 388. The normalized spacial score (nSPS) is 25.2. The number of carbonyl (C=O) groups excluding carboxylic acids is 2. The fourth-order valence-electron chi connectivity index (χ4n) is 2.56. The molecule has 0 aromatic carbocycles. The SMILES string of the molecule is C=CC(=O)N1CCN(C(=O)N2CCC(C)(O)C2)CC1.CC. The Morgan fingerprint density at radius 3 is 2.00 bits per heavy atom. The van der Waals surface area contributed by atoms with Crippen LogP contribution in [0.5, 0.6) is 0 Å². The predicted molar refractivity (Wildman–Crippen MR) is 81.9 cm³/mol. The molecule has 0 bridgehead atoms. The number of β-amino-alcohol motifs (C(OH)–C–C–N with tert-alkyl or cyclic N) is 1. The molecule has 1 atom stereocenters. The van der Waals surface area contributed by atoms with Gasteiger partial charge in [-0.15, -0.1) is 0 Å². The van der Waals surface area contributed by atoms with E-state index >= 15 is 0 Å². The Kier molecular flexibility index (Phi) is 6.20. The summed E-state index contributed by atoms with van der Waals surface area (Å²) < 4.78 is 0. The molecule has 21 heavy (non-hydrogen) atoms. The summed E-state index contributed by atoms with van der Waals surface area (Å²) in [7, 11) is 0. The van der Waals surface area contributed by atoms with Gasteiger partial charge in [-0.1, -0.05) is 20.4 Å². The molecule has 0 saturated carbocycles. The van der Waals surface area contributed by atoms with E-state index in [9.17, 15) is 14.7 Å². The molecule has 2 aliphatic rings. The molecule has 3 amide bonds. The standard InChI is InChI=1S/C13H21N3O3.C2H6/c1-3-11(17)14-6-8-15(9-7-14)12(18)16-5-4-13(2,19)10-16;1-2/h3,19H,1,4-10H2,2H3;1-2H3. The van der Waals surface area contributed by atoms with Crippen molar-refractivity contribution in [1.29, 1.82) is 0 Å². The molecular formula is C15H27N3O3. The first-order chi connectivity index (χ1) is 9.93. The first kappa shape index (κ1) is 17.5. The minimum absolute atomic E-state index is 0.0384. The first-order valence-corrected chi connectivity index (χ1v) is 7.60. The zero-order chi connectivity index (χ0) is 16.0. The average molecular weight is 297 g/mol. The van der Waals surface area contributed by atoms with Crippen molar-refractivity contribution in [2.75, 3.05) is 39.3 Å². The smallest absolute Gasteiger partial charge is 0.320 e. The summed E-state index contributed by atoms with van der Waals surface area (Å²) in [5, 5.41) is 9.88. The van der Waals surface area contributed by atoms with Gasteiger partial charge in [0.2, 0.25) is 5.91 Å². The van der Waals surface area contributed by atoms with Crippen LogP contribution in [0.1, 0.15) is 27.2 Å². The largest absolute Gasteiger partial charge is 0.388 e. The molecule has 2 aliphatic heterocycles. The van der Waals surface area contributed by atoms with Gasteiger partial charge in [0, 0.05) is 32.7 Å². The van der Waals surface area contributed by atoms with E-state index in [-0.39, 0.29) is 11.9 Å². The monoisotopic (exact) mass is 297 g/mol. The summed E-state index contributed by atoms with van der Waals surface area (Å²) >= 11 is 0. The molecular weight excluding hydrogens is 270 g/mol. The molecule has 0 spiro atoms. The molecule has 2 saturated heterocycles. The predicted octanol–water partition coefficient (Wildman–Crippen LogP) is 0.919. The number of hydrogen-bond acceptors (Lipinski definition) is 3. The lowest BCUT2D eigenvalue weighted by molar-refractivity contribution is -0.127. The lowest BCUT2D eigenvalue weighted by Crippen LogP contribution is -2.53. The van der Waals surface area contributed by atoms with Crippen LogP contribution in [0.2, 0.25) is 0 Å². The molecule has 2 fully saturated rings. The van der Waals surface area contributed by atoms with Crippen molar-refractivity contribution >= 4 is 11.9 Å². The lowest BCUT2D eigenvalue weighted by Gasteiger charge is -2.36.